The van der Waals surface area contributed by atoms with Crippen LogP contribution in [-0.4, -0.2) is 22.4 Å². The monoisotopic (exact) mass is 255 g/mol. The Balaban J connectivity index is 1.77. The van der Waals surface area contributed by atoms with Crippen molar-refractivity contribution in [2.24, 2.45) is 0 Å². The maximum absolute atomic E-state index is 11.7. The highest BCUT2D eigenvalue weighted by molar-refractivity contribution is 5.78. The van der Waals surface area contributed by atoms with Crippen LogP contribution in [0.3, 0.4) is 0 Å². The van der Waals surface area contributed by atoms with Gasteiger partial charge in [-0.1, -0.05) is 12.1 Å². The van der Waals surface area contributed by atoms with Crippen molar-refractivity contribution in [2.75, 3.05) is 6.54 Å². The molecule has 0 saturated heterocycles. The van der Waals surface area contributed by atoms with Crippen LogP contribution in [0.15, 0.2) is 42.9 Å². The van der Waals surface area contributed by atoms with Crippen LogP contribution in [0.1, 0.15) is 16.8 Å². The molecule has 2 aromatic rings. The zero-order valence-electron chi connectivity index (χ0n) is 11.0. The van der Waals surface area contributed by atoms with Crippen molar-refractivity contribution < 1.29 is 4.79 Å². The van der Waals surface area contributed by atoms with Crippen molar-refractivity contribution in [3.05, 3.63) is 59.7 Å². The molecule has 0 radical (unpaired) electrons. The third-order valence-corrected chi connectivity index (χ3v) is 2.89. The summed E-state index contributed by atoms with van der Waals surface area (Å²) in [5.41, 5.74) is 3.11. The minimum atomic E-state index is 0.0154. The molecule has 0 aliphatic carbocycles. The molecule has 2 aromatic heterocycles. The van der Waals surface area contributed by atoms with E-state index in [-0.39, 0.29) is 5.91 Å². The Morgan fingerprint density at radius 3 is 2.84 bits per heavy atom. The summed E-state index contributed by atoms with van der Waals surface area (Å²) in [6.07, 6.45) is 6.31. The molecule has 0 unspecified atom stereocenters. The van der Waals surface area contributed by atoms with Crippen molar-refractivity contribution in [2.45, 2.75) is 19.8 Å². The largest absolute Gasteiger partial charge is 0.355 e. The van der Waals surface area contributed by atoms with Crippen LogP contribution in [0.5, 0.6) is 0 Å². The summed E-state index contributed by atoms with van der Waals surface area (Å²) in [5, 5.41) is 2.90. The molecular formula is C15H17N3O. The molecule has 2 heterocycles. The first kappa shape index (κ1) is 13.2. The fourth-order valence-corrected chi connectivity index (χ4v) is 1.85. The van der Waals surface area contributed by atoms with E-state index in [1.165, 1.54) is 0 Å². The van der Waals surface area contributed by atoms with Gasteiger partial charge >= 0.3 is 0 Å². The van der Waals surface area contributed by atoms with Gasteiger partial charge in [0.2, 0.25) is 5.91 Å². The number of nitrogens with zero attached hydrogens (tertiary/aromatic N) is 2. The number of carbonyl (C=O) groups excluding carboxylic acids is 1. The normalized spacial score (nSPS) is 10.2. The molecule has 0 spiro atoms. The average molecular weight is 255 g/mol. The summed E-state index contributed by atoms with van der Waals surface area (Å²) in [7, 11) is 0. The Labute approximate surface area is 112 Å². The lowest BCUT2D eigenvalue weighted by Gasteiger charge is -2.06. The van der Waals surface area contributed by atoms with Crippen LogP contribution in [-0.2, 0) is 17.6 Å². The smallest absolute Gasteiger partial charge is 0.224 e. The summed E-state index contributed by atoms with van der Waals surface area (Å²) >= 11 is 0. The molecule has 0 fully saturated rings. The van der Waals surface area contributed by atoms with Crippen LogP contribution in [0, 0.1) is 6.92 Å². The molecule has 0 atom stereocenters. The molecule has 98 valence electrons. The predicted molar refractivity (Wildman–Crippen MR) is 73.6 cm³/mol. The number of amides is 1. The van der Waals surface area contributed by atoms with Gasteiger partial charge in [0.05, 0.1) is 6.42 Å². The lowest BCUT2D eigenvalue weighted by Crippen LogP contribution is -2.27. The van der Waals surface area contributed by atoms with Gasteiger partial charge in [0.25, 0.3) is 0 Å². The van der Waals surface area contributed by atoms with Gasteiger partial charge in [-0.15, -0.1) is 0 Å². The Kier molecular flexibility index (Phi) is 4.61. The van der Waals surface area contributed by atoms with Crippen molar-refractivity contribution in [3.63, 3.8) is 0 Å². The van der Waals surface area contributed by atoms with E-state index in [0.29, 0.717) is 13.0 Å². The van der Waals surface area contributed by atoms with Crippen LogP contribution < -0.4 is 5.32 Å². The van der Waals surface area contributed by atoms with E-state index in [9.17, 15) is 4.79 Å². The van der Waals surface area contributed by atoms with Crippen LogP contribution in [0.2, 0.25) is 0 Å². The van der Waals surface area contributed by atoms with E-state index in [1.54, 1.807) is 18.6 Å². The molecule has 0 aromatic carbocycles. The number of rotatable bonds is 5. The fraction of sp³-hybridized carbons (Fsp3) is 0.267. The van der Waals surface area contributed by atoms with Crippen LogP contribution >= 0.6 is 0 Å². The molecule has 4 nitrogen and oxygen atoms in total. The fourth-order valence-electron chi connectivity index (χ4n) is 1.85. The van der Waals surface area contributed by atoms with Gasteiger partial charge in [-0.3, -0.25) is 14.8 Å². The topological polar surface area (TPSA) is 54.9 Å². The van der Waals surface area contributed by atoms with Gasteiger partial charge in [0.1, 0.15) is 0 Å². The first-order valence-electron chi connectivity index (χ1n) is 6.32. The number of hydrogen-bond donors (Lipinski definition) is 1. The number of nitrogens with one attached hydrogen (secondary N) is 1. The van der Waals surface area contributed by atoms with Crippen molar-refractivity contribution in [3.8, 4) is 0 Å². The van der Waals surface area contributed by atoms with Gasteiger partial charge in [-0.25, -0.2) is 0 Å². The van der Waals surface area contributed by atoms with Crippen molar-refractivity contribution in [1.82, 2.24) is 15.3 Å². The first-order valence-corrected chi connectivity index (χ1v) is 6.32. The zero-order chi connectivity index (χ0) is 13.5. The average Bonchev–Trinajstić information content (AvgIpc) is 2.42. The number of pyridine rings is 2. The van der Waals surface area contributed by atoms with Gasteiger partial charge in [-0.2, -0.15) is 0 Å². The number of hydrogen-bond acceptors (Lipinski definition) is 3. The minimum absolute atomic E-state index is 0.0154. The molecule has 4 heteroatoms. The van der Waals surface area contributed by atoms with E-state index in [4.69, 9.17) is 0 Å². The molecule has 0 aliphatic heterocycles. The highest BCUT2D eigenvalue weighted by atomic mass is 16.1. The standard InChI is InChI=1S/C15H17N3O/c1-12-4-2-8-17-14(12)6-9-18-15(19)10-13-5-3-7-16-11-13/h2-5,7-8,11H,6,9-10H2,1H3,(H,18,19). The Hall–Kier alpha value is -2.23. The number of carbonyl (C=O) groups is 1. The second-order valence-corrected chi connectivity index (χ2v) is 4.40. The molecule has 0 saturated carbocycles. The second kappa shape index (κ2) is 6.64. The lowest BCUT2D eigenvalue weighted by molar-refractivity contribution is -0.120. The highest BCUT2D eigenvalue weighted by Crippen LogP contribution is 2.03. The van der Waals surface area contributed by atoms with Gasteiger partial charge in [0, 0.05) is 37.3 Å². The molecule has 0 aliphatic rings. The van der Waals surface area contributed by atoms with E-state index in [1.807, 2.05) is 31.2 Å². The van der Waals surface area contributed by atoms with E-state index >= 15 is 0 Å². The predicted octanol–water partition coefficient (Wildman–Crippen LogP) is 1.69. The molecule has 19 heavy (non-hydrogen) atoms. The summed E-state index contributed by atoms with van der Waals surface area (Å²) in [4.78, 5) is 20.0. The molecule has 1 N–H and O–H groups in total. The molecule has 2 rings (SSSR count). The Morgan fingerprint density at radius 2 is 2.11 bits per heavy atom. The summed E-state index contributed by atoms with van der Waals surface area (Å²) in [6.45, 7) is 2.64. The summed E-state index contributed by atoms with van der Waals surface area (Å²) < 4.78 is 0. The second-order valence-electron chi connectivity index (χ2n) is 4.40. The van der Waals surface area contributed by atoms with Crippen LogP contribution in [0.25, 0.3) is 0 Å². The summed E-state index contributed by atoms with van der Waals surface area (Å²) in [5.74, 6) is 0.0154. The van der Waals surface area contributed by atoms with Crippen molar-refractivity contribution >= 4 is 5.91 Å². The van der Waals surface area contributed by atoms with Gasteiger partial charge < -0.3 is 5.32 Å². The Bertz CT molecular complexity index is 540. The van der Waals surface area contributed by atoms with Crippen molar-refractivity contribution in [1.29, 1.82) is 0 Å². The summed E-state index contributed by atoms with van der Waals surface area (Å²) in [6, 6.07) is 7.68. The quantitative estimate of drug-likeness (QED) is 0.884. The van der Waals surface area contributed by atoms with E-state index in [0.717, 1.165) is 23.2 Å². The third-order valence-electron chi connectivity index (χ3n) is 2.89. The zero-order valence-corrected chi connectivity index (χ0v) is 11.0. The number of aryl methyl sites for hydroxylation is 1. The lowest BCUT2D eigenvalue weighted by atomic mass is 10.1. The minimum Gasteiger partial charge on any atom is -0.355 e. The third kappa shape index (κ3) is 4.17. The van der Waals surface area contributed by atoms with E-state index < -0.39 is 0 Å². The van der Waals surface area contributed by atoms with Gasteiger partial charge in [0.15, 0.2) is 0 Å². The SMILES string of the molecule is Cc1cccnc1CCNC(=O)Cc1cccnc1. The maximum atomic E-state index is 11.7. The maximum Gasteiger partial charge on any atom is 0.224 e. The number of aromatic nitrogens is 2. The molecular weight excluding hydrogens is 238 g/mol. The Morgan fingerprint density at radius 1 is 1.26 bits per heavy atom. The molecule has 1 amide bonds. The van der Waals surface area contributed by atoms with Crippen LogP contribution in [0.4, 0.5) is 0 Å². The van der Waals surface area contributed by atoms with Gasteiger partial charge in [-0.05, 0) is 30.2 Å². The highest BCUT2D eigenvalue weighted by Gasteiger charge is 2.04. The first-order chi connectivity index (χ1) is 9.25. The molecule has 0 bridgehead atoms. The van der Waals surface area contributed by atoms with E-state index in [2.05, 4.69) is 15.3 Å².